The van der Waals surface area contributed by atoms with Crippen molar-refractivity contribution in [2.24, 2.45) is 0 Å². The summed E-state index contributed by atoms with van der Waals surface area (Å²) >= 11 is 4.75. The van der Waals surface area contributed by atoms with Crippen LogP contribution in [0.25, 0.3) is 21.3 Å². The van der Waals surface area contributed by atoms with Crippen molar-refractivity contribution in [3.63, 3.8) is 0 Å². The van der Waals surface area contributed by atoms with Crippen molar-refractivity contribution in [3.8, 4) is 17.0 Å². The lowest BCUT2D eigenvalue weighted by atomic mass is 10.1. The van der Waals surface area contributed by atoms with Crippen molar-refractivity contribution in [2.45, 2.75) is 43.6 Å². The number of anilines is 1. The number of rotatable bonds is 6. The molecule has 0 unspecified atom stereocenters. The highest BCUT2D eigenvalue weighted by molar-refractivity contribution is 7.98. The quantitative estimate of drug-likeness (QED) is 0.270. The van der Waals surface area contributed by atoms with Crippen LogP contribution in [0.4, 0.5) is 9.52 Å². The summed E-state index contributed by atoms with van der Waals surface area (Å²) in [5, 5.41) is 5.20. The molecule has 33 heavy (non-hydrogen) atoms. The zero-order valence-electron chi connectivity index (χ0n) is 18.7. The molecule has 0 bridgehead atoms. The van der Waals surface area contributed by atoms with E-state index in [4.69, 9.17) is 9.72 Å². The minimum atomic E-state index is -0.238. The Labute approximate surface area is 205 Å². The molecule has 3 aromatic heterocycles. The van der Waals surface area contributed by atoms with Gasteiger partial charge in [-0.05, 0) is 24.3 Å². The van der Waals surface area contributed by atoms with Gasteiger partial charge in [0.05, 0.1) is 11.2 Å². The van der Waals surface area contributed by atoms with Crippen molar-refractivity contribution in [1.82, 2.24) is 15.0 Å². The van der Waals surface area contributed by atoms with Gasteiger partial charge in [-0.15, -0.1) is 34.4 Å². The fourth-order valence-electron chi connectivity index (χ4n) is 3.96. The number of hydrogen-bond acceptors (Lipinski definition) is 8. The molecule has 4 aromatic rings. The summed E-state index contributed by atoms with van der Waals surface area (Å²) < 4.78 is 21.9. The van der Waals surface area contributed by atoms with Gasteiger partial charge in [0.2, 0.25) is 5.88 Å². The first-order valence-corrected chi connectivity index (χ1v) is 13.9. The Bertz CT molecular complexity index is 1260. The molecule has 5 nitrogen and oxygen atoms in total. The monoisotopic (exact) mass is 500 g/mol. The number of ether oxygens (including phenoxy) is 1. The number of piperidine rings is 1. The fraction of sp³-hybridized carbons (Fsp3) is 0.375. The van der Waals surface area contributed by atoms with Crippen LogP contribution in [0.15, 0.2) is 40.2 Å². The van der Waals surface area contributed by atoms with Crippen LogP contribution in [0.5, 0.6) is 5.88 Å². The molecule has 9 heteroatoms. The number of halogens is 1. The Balaban J connectivity index is 1.31. The molecule has 1 saturated heterocycles. The molecule has 0 atom stereocenters. The van der Waals surface area contributed by atoms with Gasteiger partial charge in [-0.25, -0.2) is 19.3 Å². The first-order valence-electron chi connectivity index (χ1n) is 11.0. The highest BCUT2D eigenvalue weighted by atomic mass is 32.2. The Morgan fingerprint density at radius 2 is 1.94 bits per heavy atom. The third-order valence-corrected chi connectivity index (χ3v) is 8.48. The molecule has 172 valence electrons. The van der Waals surface area contributed by atoms with E-state index < -0.39 is 0 Å². The van der Waals surface area contributed by atoms with Gasteiger partial charge in [-0.2, -0.15) is 0 Å². The van der Waals surface area contributed by atoms with E-state index in [0.717, 1.165) is 57.4 Å². The molecule has 0 N–H and O–H groups in total. The summed E-state index contributed by atoms with van der Waals surface area (Å²) in [7, 11) is 0. The largest absolute Gasteiger partial charge is 0.473 e. The number of aromatic nitrogens is 3. The summed E-state index contributed by atoms with van der Waals surface area (Å²) in [4.78, 5) is 16.9. The molecular weight excluding hydrogens is 475 g/mol. The van der Waals surface area contributed by atoms with Gasteiger partial charge in [0.25, 0.3) is 0 Å². The molecule has 1 aliphatic rings. The molecule has 1 fully saturated rings. The number of hydrogen-bond donors (Lipinski definition) is 0. The van der Waals surface area contributed by atoms with Gasteiger partial charge in [0, 0.05) is 52.7 Å². The smallest absolute Gasteiger partial charge is 0.235 e. The van der Waals surface area contributed by atoms with Gasteiger partial charge < -0.3 is 9.64 Å². The van der Waals surface area contributed by atoms with Crippen molar-refractivity contribution in [1.29, 1.82) is 0 Å². The van der Waals surface area contributed by atoms with Crippen LogP contribution in [0.2, 0.25) is 0 Å². The number of thiazole rings is 1. The average molecular weight is 501 g/mol. The average Bonchev–Trinajstić information content (AvgIpc) is 3.48. The molecule has 5 rings (SSSR count). The molecule has 1 aromatic carbocycles. The molecule has 0 amide bonds. The van der Waals surface area contributed by atoms with Crippen LogP contribution in [-0.2, 0) is 0 Å². The lowest BCUT2D eigenvalue weighted by Crippen LogP contribution is -2.38. The second-order valence-electron chi connectivity index (χ2n) is 8.37. The number of benzene rings is 1. The second kappa shape index (κ2) is 9.56. The Morgan fingerprint density at radius 3 is 2.64 bits per heavy atom. The van der Waals surface area contributed by atoms with Gasteiger partial charge in [0.15, 0.2) is 5.13 Å². The SMILES string of the molecule is CSc1ccc(-c2csc3c(OC4CCN(c5nc(C(C)C)cs5)CC4)ncnc23)c(F)c1. The Kier molecular flexibility index (Phi) is 6.53. The maximum absolute atomic E-state index is 14.7. The van der Waals surface area contributed by atoms with E-state index in [1.54, 1.807) is 17.4 Å². The summed E-state index contributed by atoms with van der Waals surface area (Å²) in [5.74, 6) is 0.800. The van der Waals surface area contributed by atoms with Gasteiger partial charge in [-0.1, -0.05) is 19.9 Å². The van der Waals surface area contributed by atoms with Crippen LogP contribution in [0.3, 0.4) is 0 Å². The van der Waals surface area contributed by atoms with Crippen LogP contribution in [0, 0.1) is 5.82 Å². The topological polar surface area (TPSA) is 51.1 Å². The van der Waals surface area contributed by atoms with E-state index in [2.05, 4.69) is 34.1 Å². The van der Waals surface area contributed by atoms with Crippen molar-refractivity contribution < 1.29 is 9.13 Å². The summed E-state index contributed by atoms with van der Waals surface area (Å²) in [6, 6.07) is 5.33. The molecule has 0 spiro atoms. The minimum Gasteiger partial charge on any atom is -0.473 e. The van der Waals surface area contributed by atoms with E-state index in [0.29, 0.717) is 17.4 Å². The fourth-order valence-corrected chi connectivity index (χ4v) is 6.37. The number of thiophene rings is 1. The highest BCUT2D eigenvalue weighted by Gasteiger charge is 2.25. The van der Waals surface area contributed by atoms with Crippen molar-refractivity contribution in [2.75, 3.05) is 24.2 Å². The van der Waals surface area contributed by atoms with E-state index in [9.17, 15) is 4.39 Å². The van der Waals surface area contributed by atoms with Crippen molar-refractivity contribution >= 4 is 49.8 Å². The molecule has 0 aliphatic carbocycles. The number of nitrogens with zero attached hydrogens (tertiary/aromatic N) is 4. The predicted octanol–water partition coefficient (Wildman–Crippen LogP) is 6.85. The van der Waals surface area contributed by atoms with Crippen molar-refractivity contribution in [3.05, 3.63) is 46.8 Å². The molecule has 4 heterocycles. The molecular formula is C24H25FN4OS3. The van der Waals surface area contributed by atoms with E-state index in [-0.39, 0.29) is 11.9 Å². The summed E-state index contributed by atoms with van der Waals surface area (Å²) in [6.45, 7) is 6.16. The first-order chi connectivity index (χ1) is 16.0. The molecule has 1 aliphatic heterocycles. The second-order valence-corrected chi connectivity index (χ2v) is 11.0. The maximum atomic E-state index is 14.7. The lowest BCUT2D eigenvalue weighted by Gasteiger charge is -2.31. The minimum absolute atomic E-state index is 0.0898. The van der Waals surface area contributed by atoms with E-state index >= 15 is 0 Å². The lowest BCUT2D eigenvalue weighted by molar-refractivity contribution is 0.166. The molecule has 0 saturated carbocycles. The van der Waals surface area contributed by atoms with E-state index in [1.165, 1.54) is 29.4 Å². The third kappa shape index (κ3) is 4.58. The predicted molar refractivity (Wildman–Crippen MR) is 137 cm³/mol. The standard InChI is InChI=1S/C24H25FN4OS3/c1-14(2)20-12-33-24(28-20)29-8-6-15(7-9-29)30-23-22-21(26-13-27-23)18(11-32-22)17-5-4-16(31-3)10-19(17)25/h4-5,10-15H,6-9H2,1-3H3. The zero-order chi connectivity index (χ0) is 22.9. The third-order valence-electron chi connectivity index (χ3n) is 5.88. The van der Waals surface area contributed by atoms with Gasteiger partial charge in [-0.3, -0.25) is 0 Å². The van der Waals surface area contributed by atoms with Crippen LogP contribution < -0.4 is 9.64 Å². The van der Waals surface area contributed by atoms with E-state index in [1.807, 2.05) is 23.8 Å². The number of thioether (sulfide) groups is 1. The number of fused-ring (bicyclic) bond motifs is 1. The Morgan fingerprint density at radius 1 is 1.12 bits per heavy atom. The maximum Gasteiger partial charge on any atom is 0.235 e. The summed E-state index contributed by atoms with van der Waals surface area (Å²) in [6.07, 6.45) is 5.36. The first kappa shape index (κ1) is 22.6. The van der Waals surface area contributed by atoms with Gasteiger partial charge >= 0.3 is 0 Å². The van der Waals surface area contributed by atoms with Crippen LogP contribution >= 0.6 is 34.4 Å². The summed E-state index contributed by atoms with van der Waals surface area (Å²) in [5.41, 5.74) is 3.24. The zero-order valence-corrected chi connectivity index (χ0v) is 21.2. The van der Waals surface area contributed by atoms with Crippen LogP contribution in [-0.4, -0.2) is 40.4 Å². The highest BCUT2D eigenvalue weighted by Crippen LogP contribution is 2.39. The normalized spacial score (nSPS) is 15.0. The Hall–Kier alpha value is -2.23. The molecule has 0 radical (unpaired) electrons. The van der Waals surface area contributed by atoms with Crippen LogP contribution in [0.1, 0.15) is 38.3 Å². The van der Waals surface area contributed by atoms with Gasteiger partial charge in [0.1, 0.15) is 22.9 Å².